The van der Waals surface area contributed by atoms with Crippen LogP contribution in [-0.4, -0.2) is 82.3 Å². The second kappa shape index (κ2) is 16.6. The van der Waals surface area contributed by atoms with Crippen molar-refractivity contribution in [1.29, 1.82) is 0 Å². The minimum atomic E-state index is -1.41. The number of aryl methyl sites for hydroxylation is 2. The number of methoxy groups -OCH3 is 1. The van der Waals surface area contributed by atoms with E-state index < -0.39 is 19.1 Å². The molecule has 4 aromatic heterocycles. The van der Waals surface area contributed by atoms with E-state index in [0.29, 0.717) is 24.4 Å². The monoisotopic (exact) mass is 626 g/mol. The van der Waals surface area contributed by atoms with Crippen LogP contribution in [0.1, 0.15) is 41.7 Å². The van der Waals surface area contributed by atoms with Crippen LogP contribution < -0.4 is 5.59 Å². The SMILES string of the molecule is CCOC(=O)c1cc(-c2ccnn2CC)nc(Cl)n1.CCn1nccc1B(O)O.COC(=O)c1cc(Cl)nc(Cl)n1. The van der Waals surface area contributed by atoms with E-state index in [1.54, 1.807) is 36.0 Å². The Bertz CT molecular complexity index is 1430. The van der Waals surface area contributed by atoms with Gasteiger partial charge in [-0.05, 0) is 62.2 Å². The van der Waals surface area contributed by atoms with E-state index in [1.807, 2.05) is 13.8 Å². The minimum Gasteiger partial charge on any atom is -0.464 e. The number of nitrogens with zero attached hydrogens (tertiary/aromatic N) is 8. The van der Waals surface area contributed by atoms with Gasteiger partial charge in [-0.1, -0.05) is 11.6 Å². The summed E-state index contributed by atoms with van der Waals surface area (Å²) >= 11 is 16.8. The zero-order valence-electron chi connectivity index (χ0n) is 22.4. The lowest BCUT2D eigenvalue weighted by molar-refractivity contribution is 0.0518. The van der Waals surface area contributed by atoms with Crippen LogP contribution in [0.15, 0.2) is 36.7 Å². The fraction of sp³-hybridized carbons (Fsp3) is 0.304. The maximum atomic E-state index is 11.7. The summed E-state index contributed by atoms with van der Waals surface area (Å²) in [5.74, 6) is -1.11. The Morgan fingerprint density at radius 3 is 1.98 bits per heavy atom. The molecule has 4 heterocycles. The van der Waals surface area contributed by atoms with Crippen molar-refractivity contribution in [3.63, 3.8) is 0 Å². The zero-order valence-corrected chi connectivity index (χ0v) is 24.7. The molecule has 0 aliphatic heterocycles. The second-order valence-electron chi connectivity index (χ2n) is 7.44. The van der Waals surface area contributed by atoms with Gasteiger partial charge in [0.05, 0.1) is 30.7 Å². The lowest BCUT2D eigenvalue weighted by atomic mass is 9.86. The summed E-state index contributed by atoms with van der Waals surface area (Å²) in [6.07, 6.45) is 3.21. The Labute approximate surface area is 250 Å². The molecule has 2 N–H and O–H groups in total. The van der Waals surface area contributed by atoms with Crippen LogP contribution in [0.5, 0.6) is 0 Å². The molecule has 0 atom stereocenters. The summed E-state index contributed by atoms with van der Waals surface area (Å²) in [5, 5.41) is 25.5. The van der Waals surface area contributed by atoms with Gasteiger partial charge in [0.2, 0.25) is 10.6 Å². The van der Waals surface area contributed by atoms with Crippen molar-refractivity contribution in [2.24, 2.45) is 0 Å². The summed E-state index contributed by atoms with van der Waals surface area (Å²) in [6, 6.07) is 6.21. The third kappa shape index (κ3) is 10.1. The van der Waals surface area contributed by atoms with Crippen molar-refractivity contribution in [1.82, 2.24) is 39.5 Å². The van der Waals surface area contributed by atoms with Gasteiger partial charge in [-0.3, -0.25) is 9.36 Å². The van der Waals surface area contributed by atoms with Crippen LogP contribution in [0.4, 0.5) is 0 Å². The van der Waals surface area contributed by atoms with Crippen molar-refractivity contribution >= 4 is 59.5 Å². The first-order chi connectivity index (χ1) is 19.5. The lowest BCUT2D eigenvalue weighted by Gasteiger charge is -2.06. The van der Waals surface area contributed by atoms with E-state index in [2.05, 4.69) is 34.9 Å². The van der Waals surface area contributed by atoms with Gasteiger partial charge in [0.25, 0.3) is 0 Å². The highest BCUT2D eigenvalue weighted by Gasteiger charge is 2.16. The van der Waals surface area contributed by atoms with E-state index >= 15 is 0 Å². The molecule has 0 fully saturated rings. The summed E-state index contributed by atoms with van der Waals surface area (Å²) in [5.41, 5.74) is 1.94. The van der Waals surface area contributed by atoms with Crippen molar-refractivity contribution in [2.75, 3.05) is 13.7 Å². The molecule has 218 valence electrons. The maximum Gasteiger partial charge on any atom is 0.507 e. The highest BCUT2D eigenvalue weighted by molar-refractivity contribution is 6.57. The second-order valence-corrected chi connectivity index (χ2v) is 8.51. The molecule has 4 aromatic rings. The van der Waals surface area contributed by atoms with Gasteiger partial charge in [-0.25, -0.2) is 29.5 Å². The molecule has 0 aliphatic carbocycles. The van der Waals surface area contributed by atoms with Gasteiger partial charge in [0, 0.05) is 31.5 Å². The Hall–Kier alpha value is -3.63. The Morgan fingerprint density at radius 1 is 0.854 bits per heavy atom. The molecule has 14 nitrogen and oxygen atoms in total. The number of aromatic nitrogens is 8. The number of ether oxygens (including phenoxy) is 2. The molecular weight excluding hydrogens is 601 g/mol. The van der Waals surface area contributed by atoms with Crippen LogP contribution in [0.2, 0.25) is 15.7 Å². The van der Waals surface area contributed by atoms with Gasteiger partial charge in [0.15, 0.2) is 11.4 Å². The quantitative estimate of drug-likeness (QED) is 0.132. The molecule has 0 unspecified atom stereocenters. The van der Waals surface area contributed by atoms with E-state index in [9.17, 15) is 9.59 Å². The largest absolute Gasteiger partial charge is 0.507 e. The molecule has 4 rings (SSSR count). The van der Waals surface area contributed by atoms with Gasteiger partial charge < -0.3 is 19.5 Å². The van der Waals surface area contributed by atoms with Crippen molar-refractivity contribution in [3.05, 3.63) is 63.8 Å². The average Bonchev–Trinajstić information content (AvgIpc) is 3.62. The first-order valence-corrected chi connectivity index (χ1v) is 13.1. The first kappa shape index (κ1) is 33.6. The van der Waals surface area contributed by atoms with Crippen LogP contribution in [-0.2, 0) is 22.6 Å². The molecule has 18 heteroatoms. The molecule has 41 heavy (non-hydrogen) atoms. The summed E-state index contributed by atoms with van der Waals surface area (Å²) in [6.45, 7) is 7.21. The molecule has 0 saturated carbocycles. The predicted octanol–water partition coefficient (Wildman–Crippen LogP) is 2.34. The lowest BCUT2D eigenvalue weighted by Crippen LogP contribution is -2.36. The average molecular weight is 628 g/mol. The number of rotatable bonds is 7. The number of esters is 2. The van der Waals surface area contributed by atoms with Crippen molar-refractivity contribution in [3.8, 4) is 11.4 Å². The van der Waals surface area contributed by atoms with Crippen LogP contribution in [0, 0.1) is 0 Å². The van der Waals surface area contributed by atoms with Gasteiger partial charge in [-0.15, -0.1) is 0 Å². The highest BCUT2D eigenvalue weighted by Crippen LogP contribution is 2.19. The zero-order chi connectivity index (χ0) is 30.5. The summed E-state index contributed by atoms with van der Waals surface area (Å²) in [4.78, 5) is 37.7. The third-order valence-electron chi connectivity index (χ3n) is 4.84. The standard InChI is InChI=1S/C12H13ClN4O2.C6H4Cl2N2O2.C5H9BN2O2/c1-3-17-10(5-6-14-17)8-7-9(11(18)19-4-2)16-12(13)15-8;1-12-5(11)3-2-4(7)10-6(8)9-3;1-2-8-5(6(9)10)3-4-7-8/h5-7H,3-4H2,1-2H3;2H,1H3;3-4,9-10H,2H2,1H3. The van der Waals surface area contributed by atoms with Gasteiger partial charge in [-0.2, -0.15) is 10.2 Å². The fourth-order valence-electron chi connectivity index (χ4n) is 3.09. The summed E-state index contributed by atoms with van der Waals surface area (Å²) in [7, 11) is -0.172. The minimum absolute atomic E-state index is 0.00408. The van der Waals surface area contributed by atoms with E-state index in [0.717, 1.165) is 5.69 Å². The Balaban J connectivity index is 0.000000230. The molecular formula is C23H26BCl3N8O6. The van der Waals surface area contributed by atoms with E-state index in [-0.39, 0.29) is 33.7 Å². The Morgan fingerprint density at radius 2 is 1.44 bits per heavy atom. The number of carbonyl (C=O) groups is 2. The fourth-order valence-corrected chi connectivity index (χ4v) is 3.68. The summed E-state index contributed by atoms with van der Waals surface area (Å²) < 4.78 is 12.6. The molecule has 0 bridgehead atoms. The van der Waals surface area contributed by atoms with Crippen LogP contribution in [0.3, 0.4) is 0 Å². The topological polar surface area (TPSA) is 180 Å². The van der Waals surface area contributed by atoms with Gasteiger partial charge in [0.1, 0.15) is 5.15 Å². The molecule has 0 aromatic carbocycles. The highest BCUT2D eigenvalue weighted by atomic mass is 35.5. The van der Waals surface area contributed by atoms with E-state index in [1.165, 1.54) is 24.1 Å². The van der Waals surface area contributed by atoms with E-state index in [4.69, 9.17) is 49.6 Å². The molecule has 0 amide bonds. The predicted molar refractivity (Wildman–Crippen MR) is 151 cm³/mol. The van der Waals surface area contributed by atoms with Crippen molar-refractivity contribution in [2.45, 2.75) is 33.9 Å². The number of halogens is 3. The van der Waals surface area contributed by atoms with Crippen LogP contribution in [0.25, 0.3) is 11.4 Å². The molecule has 0 spiro atoms. The maximum absolute atomic E-state index is 11.7. The molecule has 0 radical (unpaired) electrons. The Kier molecular flexibility index (Phi) is 13.6. The van der Waals surface area contributed by atoms with Gasteiger partial charge >= 0.3 is 19.1 Å². The number of hydrogen-bond donors (Lipinski definition) is 2. The number of hydrogen-bond acceptors (Lipinski definition) is 12. The third-order valence-corrected chi connectivity index (χ3v) is 5.37. The first-order valence-electron chi connectivity index (χ1n) is 11.9. The normalized spacial score (nSPS) is 10.1. The smallest absolute Gasteiger partial charge is 0.464 e. The number of carbonyl (C=O) groups excluding carboxylic acids is 2. The van der Waals surface area contributed by atoms with Crippen molar-refractivity contribution < 1.29 is 29.1 Å². The van der Waals surface area contributed by atoms with Crippen LogP contribution >= 0.6 is 34.8 Å². The molecule has 0 aliphatic rings. The molecule has 0 saturated heterocycles.